The van der Waals surface area contributed by atoms with Crippen molar-refractivity contribution in [2.24, 2.45) is 0 Å². The van der Waals surface area contributed by atoms with Crippen LogP contribution in [0.2, 0.25) is 0 Å². The molecule has 1 aromatic carbocycles. The van der Waals surface area contributed by atoms with Crippen molar-refractivity contribution in [1.82, 2.24) is 9.55 Å². The predicted molar refractivity (Wildman–Crippen MR) is 82.6 cm³/mol. The van der Waals surface area contributed by atoms with Crippen LogP contribution in [-0.4, -0.2) is 9.55 Å². The summed E-state index contributed by atoms with van der Waals surface area (Å²) in [6, 6.07) is 11.3. The van der Waals surface area contributed by atoms with Gasteiger partial charge in [-0.15, -0.1) is 0 Å². The largest absolute Gasteiger partial charge is 0.334 e. The first-order valence-corrected chi connectivity index (χ1v) is 7.61. The van der Waals surface area contributed by atoms with Gasteiger partial charge in [-0.2, -0.15) is 0 Å². The van der Waals surface area contributed by atoms with Crippen molar-refractivity contribution in [3.63, 3.8) is 0 Å². The number of rotatable bonds is 5. The molecule has 1 atom stereocenters. The molecular weight excluding hydrogens is 244 g/mol. The molecule has 0 amide bonds. The molecule has 2 nitrogen and oxygen atoms in total. The Hall–Kier alpha value is -1.83. The molecule has 0 spiro atoms. The van der Waals surface area contributed by atoms with Crippen molar-refractivity contribution >= 4 is 0 Å². The molecule has 0 fully saturated rings. The molecule has 0 aliphatic heterocycles. The summed E-state index contributed by atoms with van der Waals surface area (Å²) in [5, 5.41) is 0. The lowest BCUT2D eigenvalue weighted by molar-refractivity contribution is 0.479. The fourth-order valence-electron chi connectivity index (χ4n) is 3.05. The van der Waals surface area contributed by atoms with Crippen LogP contribution >= 0.6 is 0 Å². The lowest BCUT2D eigenvalue weighted by atomic mass is 9.92. The average Bonchev–Trinajstić information content (AvgIpc) is 3.03. The van der Waals surface area contributed by atoms with E-state index in [4.69, 9.17) is 0 Å². The van der Waals surface area contributed by atoms with Gasteiger partial charge in [-0.3, -0.25) is 0 Å². The van der Waals surface area contributed by atoms with Crippen molar-refractivity contribution in [2.45, 2.75) is 44.6 Å². The van der Waals surface area contributed by atoms with E-state index in [9.17, 15) is 0 Å². The number of nitrogens with zero attached hydrogens (tertiary/aromatic N) is 2. The predicted octanol–water partition coefficient (Wildman–Crippen LogP) is 4.56. The summed E-state index contributed by atoms with van der Waals surface area (Å²) in [7, 11) is 0. The molecule has 1 aromatic heterocycles. The van der Waals surface area contributed by atoms with Gasteiger partial charge in [0, 0.05) is 18.4 Å². The van der Waals surface area contributed by atoms with Gasteiger partial charge in [-0.1, -0.05) is 42.0 Å². The third-order valence-electron chi connectivity index (χ3n) is 4.14. The van der Waals surface area contributed by atoms with Crippen LogP contribution in [0.5, 0.6) is 0 Å². The van der Waals surface area contributed by atoms with Gasteiger partial charge in [0.1, 0.15) is 0 Å². The fraction of sp³-hybridized carbons (Fsp3) is 0.389. The highest BCUT2D eigenvalue weighted by Gasteiger charge is 2.15. The number of imidazole rings is 1. The van der Waals surface area contributed by atoms with E-state index in [0.717, 1.165) is 12.8 Å². The topological polar surface area (TPSA) is 17.8 Å². The van der Waals surface area contributed by atoms with E-state index in [0.29, 0.717) is 6.04 Å². The van der Waals surface area contributed by atoms with E-state index in [1.165, 1.54) is 31.2 Å². The average molecular weight is 266 g/mol. The van der Waals surface area contributed by atoms with Gasteiger partial charge in [0.2, 0.25) is 0 Å². The molecule has 1 aliphatic carbocycles. The number of aromatic nitrogens is 2. The van der Waals surface area contributed by atoms with Crippen molar-refractivity contribution in [3.05, 3.63) is 66.3 Å². The summed E-state index contributed by atoms with van der Waals surface area (Å²) in [6.45, 7) is 0. The summed E-state index contributed by atoms with van der Waals surface area (Å²) in [5.74, 6) is 0. The van der Waals surface area contributed by atoms with Gasteiger partial charge in [-0.05, 0) is 44.1 Å². The number of hydrogen-bond donors (Lipinski definition) is 0. The second-order valence-corrected chi connectivity index (χ2v) is 5.67. The fourth-order valence-corrected chi connectivity index (χ4v) is 3.05. The highest BCUT2D eigenvalue weighted by Crippen LogP contribution is 2.28. The maximum Gasteiger partial charge on any atom is 0.0948 e. The lowest BCUT2D eigenvalue weighted by Gasteiger charge is -2.22. The highest BCUT2D eigenvalue weighted by molar-refractivity contribution is 5.17. The maximum atomic E-state index is 4.22. The summed E-state index contributed by atoms with van der Waals surface area (Å²) in [5.41, 5.74) is 3.04. The Bertz CT molecular complexity index is 540. The van der Waals surface area contributed by atoms with Crippen LogP contribution in [0.15, 0.2) is 60.7 Å². The maximum absolute atomic E-state index is 4.22. The molecular formula is C18H22N2. The SMILES string of the molecule is C1=C(CC(Cc2ccccc2)n2ccnc2)CCCC1. The molecule has 1 heterocycles. The van der Waals surface area contributed by atoms with Crippen LogP contribution in [0.1, 0.15) is 43.7 Å². The Kier molecular flexibility index (Phi) is 4.32. The quantitative estimate of drug-likeness (QED) is 0.725. The molecule has 0 saturated heterocycles. The Labute approximate surface area is 121 Å². The smallest absolute Gasteiger partial charge is 0.0948 e. The van der Waals surface area contributed by atoms with E-state index in [-0.39, 0.29) is 0 Å². The van der Waals surface area contributed by atoms with E-state index in [1.54, 1.807) is 5.57 Å². The first kappa shape index (κ1) is 13.2. The van der Waals surface area contributed by atoms with Gasteiger partial charge in [0.15, 0.2) is 0 Å². The van der Waals surface area contributed by atoms with Crippen LogP contribution < -0.4 is 0 Å². The Morgan fingerprint density at radius 2 is 2.00 bits per heavy atom. The summed E-state index contributed by atoms with van der Waals surface area (Å²) in [6.07, 6.45) is 15.9. The number of benzene rings is 1. The Morgan fingerprint density at radius 3 is 2.70 bits per heavy atom. The van der Waals surface area contributed by atoms with Crippen LogP contribution in [0.3, 0.4) is 0 Å². The monoisotopic (exact) mass is 266 g/mol. The third-order valence-corrected chi connectivity index (χ3v) is 4.14. The van der Waals surface area contributed by atoms with Crippen molar-refractivity contribution < 1.29 is 0 Å². The van der Waals surface area contributed by atoms with Crippen LogP contribution in [0.4, 0.5) is 0 Å². The first-order valence-electron chi connectivity index (χ1n) is 7.61. The standard InChI is InChI=1S/C18H22N2/c1-3-7-16(8-4-1)13-18(20-12-11-19-15-20)14-17-9-5-2-6-10-17/h1,3-4,7-9,11-12,15,18H,2,5-6,10,13-14H2. The first-order chi connectivity index (χ1) is 9.92. The number of allylic oxidation sites excluding steroid dienone is 2. The summed E-state index contributed by atoms with van der Waals surface area (Å²) in [4.78, 5) is 4.22. The van der Waals surface area contributed by atoms with Crippen LogP contribution in [0.25, 0.3) is 0 Å². The third kappa shape index (κ3) is 3.38. The van der Waals surface area contributed by atoms with Crippen molar-refractivity contribution in [1.29, 1.82) is 0 Å². The Balaban J connectivity index is 1.75. The molecule has 104 valence electrons. The lowest BCUT2D eigenvalue weighted by Crippen LogP contribution is -2.12. The van der Waals surface area contributed by atoms with Gasteiger partial charge >= 0.3 is 0 Å². The molecule has 20 heavy (non-hydrogen) atoms. The molecule has 3 rings (SSSR count). The van der Waals surface area contributed by atoms with E-state index in [1.807, 2.05) is 12.5 Å². The molecule has 1 aliphatic rings. The molecule has 0 N–H and O–H groups in total. The van der Waals surface area contributed by atoms with Gasteiger partial charge in [-0.25, -0.2) is 4.98 Å². The Morgan fingerprint density at radius 1 is 1.10 bits per heavy atom. The minimum atomic E-state index is 0.490. The van der Waals surface area contributed by atoms with Gasteiger partial charge < -0.3 is 4.57 Å². The van der Waals surface area contributed by atoms with E-state index in [2.05, 4.69) is 52.2 Å². The van der Waals surface area contributed by atoms with Crippen molar-refractivity contribution in [3.8, 4) is 0 Å². The molecule has 1 unspecified atom stereocenters. The zero-order chi connectivity index (χ0) is 13.6. The summed E-state index contributed by atoms with van der Waals surface area (Å²) >= 11 is 0. The van der Waals surface area contributed by atoms with E-state index >= 15 is 0 Å². The minimum absolute atomic E-state index is 0.490. The molecule has 2 aromatic rings. The van der Waals surface area contributed by atoms with Gasteiger partial charge in [0.25, 0.3) is 0 Å². The zero-order valence-corrected chi connectivity index (χ0v) is 11.9. The highest BCUT2D eigenvalue weighted by atomic mass is 15.0. The van der Waals surface area contributed by atoms with Crippen molar-refractivity contribution in [2.75, 3.05) is 0 Å². The summed E-state index contributed by atoms with van der Waals surface area (Å²) < 4.78 is 2.27. The molecule has 0 radical (unpaired) electrons. The minimum Gasteiger partial charge on any atom is -0.334 e. The number of hydrogen-bond acceptors (Lipinski definition) is 1. The second kappa shape index (κ2) is 6.56. The zero-order valence-electron chi connectivity index (χ0n) is 11.9. The molecule has 0 saturated carbocycles. The normalized spacial score (nSPS) is 16.7. The molecule has 0 bridgehead atoms. The van der Waals surface area contributed by atoms with Crippen LogP contribution in [-0.2, 0) is 6.42 Å². The van der Waals surface area contributed by atoms with Crippen LogP contribution in [0, 0.1) is 0 Å². The second-order valence-electron chi connectivity index (χ2n) is 5.67. The van der Waals surface area contributed by atoms with Gasteiger partial charge in [0.05, 0.1) is 6.33 Å². The van der Waals surface area contributed by atoms with E-state index < -0.39 is 0 Å². The molecule has 2 heteroatoms.